The van der Waals surface area contributed by atoms with Crippen molar-refractivity contribution in [1.82, 2.24) is 10.2 Å². The number of urea groups is 1. The van der Waals surface area contributed by atoms with Gasteiger partial charge in [-0.3, -0.25) is 14.5 Å². The van der Waals surface area contributed by atoms with Crippen LogP contribution in [-0.4, -0.2) is 29.2 Å². The highest BCUT2D eigenvalue weighted by atomic mass is 79.9. The van der Waals surface area contributed by atoms with Crippen molar-refractivity contribution in [2.45, 2.75) is 25.8 Å². The van der Waals surface area contributed by atoms with Crippen LogP contribution in [-0.2, 0) is 16.8 Å². The number of carbonyl (C=O) groups is 3. The summed E-state index contributed by atoms with van der Waals surface area (Å²) < 4.78 is 0.722. The molecule has 3 amide bonds. The van der Waals surface area contributed by atoms with Crippen LogP contribution < -0.4 is 5.32 Å². The van der Waals surface area contributed by atoms with Crippen LogP contribution in [0.15, 0.2) is 53.0 Å². The number of aryl methyl sites for hydroxylation is 1. The zero-order chi connectivity index (χ0) is 18.9. The predicted octanol–water partition coefficient (Wildman–Crippen LogP) is 3.66. The standard InChI is InChI=1S/C20H19BrN2O3/c1-3-13-8-10-14(11-9-13)17(24)12-23-18(25)20(2,22-19(23)26)15-6-4-5-7-16(15)21/h4-11H,3,12H2,1-2H3,(H,22,26)/t20-/m0/s1. The molecule has 0 radical (unpaired) electrons. The minimum atomic E-state index is -1.20. The maximum atomic E-state index is 12.9. The van der Waals surface area contributed by atoms with Gasteiger partial charge in [-0.1, -0.05) is 65.3 Å². The van der Waals surface area contributed by atoms with Gasteiger partial charge in [0.2, 0.25) is 0 Å². The Kier molecular flexibility index (Phi) is 4.96. The summed E-state index contributed by atoms with van der Waals surface area (Å²) in [5.41, 5.74) is 1.06. The average Bonchev–Trinajstić information content (AvgIpc) is 2.86. The summed E-state index contributed by atoms with van der Waals surface area (Å²) in [7, 11) is 0. The van der Waals surface area contributed by atoms with Crippen molar-refractivity contribution in [2.24, 2.45) is 0 Å². The second-order valence-electron chi connectivity index (χ2n) is 6.40. The van der Waals surface area contributed by atoms with Crippen LogP contribution in [0.1, 0.15) is 35.3 Å². The Morgan fingerprint density at radius 1 is 1.12 bits per heavy atom. The lowest BCUT2D eigenvalue weighted by molar-refractivity contribution is -0.130. The van der Waals surface area contributed by atoms with E-state index in [0.717, 1.165) is 21.4 Å². The third kappa shape index (κ3) is 3.17. The van der Waals surface area contributed by atoms with Crippen molar-refractivity contribution in [3.8, 4) is 0 Å². The minimum absolute atomic E-state index is 0.271. The molecule has 1 heterocycles. The summed E-state index contributed by atoms with van der Waals surface area (Å²) in [6, 6.07) is 13.9. The Bertz CT molecular complexity index is 879. The molecule has 1 atom stereocenters. The van der Waals surface area contributed by atoms with Crippen LogP contribution in [0, 0.1) is 0 Å². The SMILES string of the molecule is CCc1ccc(C(=O)CN2C(=O)N[C@@](C)(c3ccccc3Br)C2=O)cc1. The first-order valence-electron chi connectivity index (χ1n) is 8.38. The van der Waals surface area contributed by atoms with Crippen molar-refractivity contribution in [1.29, 1.82) is 0 Å². The summed E-state index contributed by atoms with van der Waals surface area (Å²) in [5, 5.41) is 2.72. The fourth-order valence-corrected chi connectivity index (χ4v) is 3.73. The molecule has 0 aromatic heterocycles. The molecule has 0 spiro atoms. The van der Waals surface area contributed by atoms with Gasteiger partial charge < -0.3 is 5.32 Å². The molecule has 1 fully saturated rings. The number of Topliss-reactive ketones (excluding diaryl/α,β-unsaturated/α-hetero) is 1. The lowest BCUT2D eigenvalue weighted by Gasteiger charge is -2.23. The van der Waals surface area contributed by atoms with E-state index in [9.17, 15) is 14.4 Å². The number of hydrogen-bond donors (Lipinski definition) is 1. The van der Waals surface area contributed by atoms with Crippen molar-refractivity contribution >= 4 is 33.7 Å². The summed E-state index contributed by atoms with van der Waals surface area (Å²) in [4.78, 5) is 38.8. The number of imide groups is 1. The maximum Gasteiger partial charge on any atom is 0.325 e. The van der Waals surface area contributed by atoms with Crippen LogP contribution >= 0.6 is 15.9 Å². The Morgan fingerprint density at radius 3 is 2.38 bits per heavy atom. The smallest absolute Gasteiger partial charge is 0.319 e. The first-order chi connectivity index (χ1) is 12.4. The first-order valence-corrected chi connectivity index (χ1v) is 9.17. The van der Waals surface area contributed by atoms with Crippen molar-refractivity contribution in [2.75, 3.05) is 6.54 Å². The van der Waals surface area contributed by atoms with Crippen LogP contribution in [0.4, 0.5) is 4.79 Å². The number of rotatable bonds is 5. The largest absolute Gasteiger partial charge is 0.325 e. The Hall–Kier alpha value is -2.47. The molecule has 0 saturated carbocycles. The van der Waals surface area contributed by atoms with Gasteiger partial charge in [0.25, 0.3) is 5.91 Å². The molecule has 2 aromatic rings. The highest BCUT2D eigenvalue weighted by molar-refractivity contribution is 9.10. The normalized spacial score (nSPS) is 19.6. The Labute approximate surface area is 160 Å². The number of nitrogens with zero attached hydrogens (tertiary/aromatic N) is 1. The predicted molar refractivity (Wildman–Crippen MR) is 102 cm³/mol. The van der Waals surface area contributed by atoms with Gasteiger partial charge in [0, 0.05) is 15.6 Å². The van der Waals surface area contributed by atoms with E-state index < -0.39 is 17.5 Å². The topological polar surface area (TPSA) is 66.5 Å². The van der Waals surface area contributed by atoms with E-state index in [1.807, 2.05) is 31.2 Å². The van der Waals surface area contributed by atoms with E-state index in [1.54, 1.807) is 31.2 Å². The van der Waals surface area contributed by atoms with E-state index in [-0.39, 0.29) is 12.3 Å². The Morgan fingerprint density at radius 2 is 1.77 bits per heavy atom. The van der Waals surface area contributed by atoms with Gasteiger partial charge in [0.05, 0.1) is 6.54 Å². The molecule has 134 valence electrons. The quantitative estimate of drug-likeness (QED) is 0.599. The number of benzene rings is 2. The van der Waals surface area contributed by atoms with Crippen LogP contribution in [0.2, 0.25) is 0 Å². The Balaban J connectivity index is 1.83. The number of amides is 3. The van der Waals surface area contributed by atoms with E-state index in [4.69, 9.17) is 0 Å². The zero-order valence-electron chi connectivity index (χ0n) is 14.6. The molecular weight excluding hydrogens is 396 g/mol. The second-order valence-corrected chi connectivity index (χ2v) is 7.25. The van der Waals surface area contributed by atoms with Gasteiger partial charge in [-0.15, -0.1) is 0 Å². The molecule has 5 nitrogen and oxygen atoms in total. The van der Waals surface area contributed by atoms with Crippen molar-refractivity contribution in [3.63, 3.8) is 0 Å². The molecule has 6 heteroatoms. The lowest BCUT2D eigenvalue weighted by atomic mass is 9.92. The van der Waals surface area contributed by atoms with Crippen LogP contribution in [0.5, 0.6) is 0 Å². The van der Waals surface area contributed by atoms with Gasteiger partial charge in [0.15, 0.2) is 5.78 Å². The first kappa shape index (κ1) is 18.3. The number of halogens is 1. The molecule has 26 heavy (non-hydrogen) atoms. The van der Waals surface area contributed by atoms with E-state index >= 15 is 0 Å². The number of nitrogens with one attached hydrogen (secondary N) is 1. The summed E-state index contributed by atoms with van der Waals surface area (Å²) in [6.45, 7) is 3.40. The molecule has 1 saturated heterocycles. The van der Waals surface area contributed by atoms with Crippen LogP contribution in [0.25, 0.3) is 0 Å². The van der Waals surface area contributed by atoms with Gasteiger partial charge >= 0.3 is 6.03 Å². The van der Waals surface area contributed by atoms with E-state index in [2.05, 4.69) is 21.2 Å². The minimum Gasteiger partial charge on any atom is -0.319 e. The summed E-state index contributed by atoms with van der Waals surface area (Å²) >= 11 is 3.42. The summed E-state index contributed by atoms with van der Waals surface area (Å²) in [6.07, 6.45) is 0.881. The van der Waals surface area contributed by atoms with E-state index in [1.165, 1.54) is 0 Å². The lowest BCUT2D eigenvalue weighted by Crippen LogP contribution is -2.41. The highest BCUT2D eigenvalue weighted by Gasteiger charge is 2.50. The molecule has 0 aliphatic carbocycles. The molecule has 1 aliphatic rings. The monoisotopic (exact) mass is 414 g/mol. The maximum absolute atomic E-state index is 12.9. The van der Waals surface area contributed by atoms with E-state index in [0.29, 0.717) is 11.1 Å². The molecule has 1 aliphatic heterocycles. The zero-order valence-corrected chi connectivity index (χ0v) is 16.2. The van der Waals surface area contributed by atoms with Gasteiger partial charge in [-0.05, 0) is 25.0 Å². The number of hydrogen-bond acceptors (Lipinski definition) is 3. The fourth-order valence-electron chi connectivity index (χ4n) is 3.05. The molecule has 2 aromatic carbocycles. The number of ketones is 1. The third-order valence-electron chi connectivity index (χ3n) is 4.67. The van der Waals surface area contributed by atoms with Crippen LogP contribution in [0.3, 0.4) is 0 Å². The summed E-state index contributed by atoms with van der Waals surface area (Å²) in [5.74, 6) is -0.708. The molecule has 0 bridgehead atoms. The average molecular weight is 415 g/mol. The van der Waals surface area contributed by atoms with Gasteiger partial charge in [-0.25, -0.2) is 4.79 Å². The van der Waals surface area contributed by atoms with Crippen molar-refractivity contribution in [3.05, 3.63) is 69.7 Å². The van der Waals surface area contributed by atoms with Gasteiger partial charge in [-0.2, -0.15) is 0 Å². The molecule has 1 N–H and O–H groups in total. The third-order valence-corrected chi connectivity index (χ3v) is 5.36. The van der Waals surface area contributed by atoms with Crippen molar-refractivity contribution < 1.29 is 14.4 Å². The fraction of sp³-hybridized carbons (Fsp3) is 0.250. The molecular formula is C20H19BrN2O3. The van der Waals surface area contributed by atoms with Gasteiger partial charge in [0.1, 0.15) is 5.54 Å². The number of carbonyl (C=O) groups excluding carboxylic acids is 3. The highest BCUT2D eigenvalue weighted by Crippen LogP contribution is 2.33. The molecule has 0 unspecified atom stereocenters. The second kappa shape index (κ2) is 7.03. The molecule has 3 rings (SSSR count).